The molecule has 0 radical (unpaired) electrons. The van der Waals surface area contributed by atoms with E-state index in [9.17, 15) is 4.79 Å². The maximum absolute atomic E-state index is 12.0. The first kappa shape index (κ1) is 16.0. The highest BCUT2D eigenvalue weighted by Crippen LogP contribution is 2.14. The van der Waals surface area contributed by atoms with Crippen LogP contribution in [0.2, 0.25) is 0 Å². The molecule has 2 nitrogen and oxygen atoms in total. The van der Waals surface area contributed by atoms with Crippen molar-refractivity contribution in [2.45, 2.75) is 65.3 Å². The normalized spacial score (nSPS) is 12.8. The summed E-state index contributed by atoms with van der Waals surface area (Å²) < 4.78 is 0. The van der Waals surface area contributed by atoms with Crippen LogP contribution in [0, 0.1) is 5.92 Å². The summed E-state index contributed by atoms with van der Waals surface area (Å²) in [6.45, 7) is 6.42. The first-order valence-electron chi connectivity index (χ1n) is 6.55. The molecule has 1 unspecified atom stereocenters. The van der Waals surface area contributed by atoms with Gasteiger partial charge < -0.3 is 5.32 Å². The third-order valence-electron chi connectivity index (χ3n) is 2.94. The van der Waals surface area contributed by atoms with Gasteiger partial charge in [-0.3, -0.25) is 4.79 Å². The van der Waals surface area contributed by atoms with E-state index in [2.05, 4.69) is 42.0 Å². The number of amides is 1. The van der Waals surface area contributed by atoms with Gasteiger partial charge in [0.25, 0.3) is 0 Å². The van der Waals surface area contributed by atoms with Crippen LogP contribution in [0.15, 0.2) is 0 Å². The Morgan fingerprint density at radius 3 is 2.06 bits per heavy atom. The van der Waals surface area contributed by atoms with Gasteiger partial charge in [0.15, 0.2) is 0 Å². The first-order chi connectivity index (χ1) is 7.69. The third kappa shape index (κ3) is 6.51. The Hall–Kier alpha value is -0.0500. The van der Waals surface area contributed by atoms with Crippen LogP contribution < -0.4 is 5.32 Å². The van der Waals surface area contributed by atoms with Crippen molar-refractivity contribution in [3.63, 3.8) is 0 Å². The zero-order valence-electron chi connectivity index (χ0n) is 10.9. The molecule has 0 aromatic heterocycles. The van der Waals surface area contributed by atoms with Crippen molar-refractivity contribution in [3.05, 3.63) is 0 Å². The fourth-order valence-electron chi connectivity index (χ4n) is 1.93. The monoisotopic (exact) mass is 291 g/mol. The standard InChI is InChI=1S/C13H26BrNO/c1-4-7-11(8-5-2)13(16)15-12(6-3)9-10-14/h11-12H,4-10H2,1-3H3,(H,15,16). The predicted molar refractivity (Wildman–Crippen MR) is 73.9 cm³/mol. The summed E-state index contributed by atoms with van der Waals surface area (Å²) in [6.07, 6.45) is 6.25. The third-order valence-corrected chi connectivity index (χ3v) is 3.40. The van der Waals surface area contributed by atoms with E-state index in [0.717, 1.165) is 43.9 Å². The van der Waals surface area contributed by atoms with E-state index in [1.165, 1.54) is 0 Å². The van der Waals surface area contributed by atoms with Crippen molar-refractivity contribution in [1.82, 2.24) is 5.32 Å². The second kappa shape index (κ2) is 10.1. The minimum Gasteiger partial charge on any atom is -0.353 e. The summed E-state index contributed by atoms with van der Waals surface area (Å²) in [4.78, 5) is 12.0. The molecule has 96 valence electrons. The number of hydrogen-bond acceptors (Lipinski definition) is 1. The van der Waals surface area contributed by atoms with Gasteiger partial charge in [-0.05, 0) is 25.7 Å². The Kier molecular flexibility index (Phi) is 10.1. The van der Waals surface area contributed by atoms with Gasteiger partial charge in [-0.25, -0.2) is 0 Å². The van der Waals surface area contributed by atoms with Gasteiger partial charge in [0.2, 0.25) is 5.91 Å². The van der Waals surface area contributed by atoms with Crippen LogP contribution in [-0.2, 0) is 4.79 Å². The Morgan fingerprint density at radius 1 is 1.12 bits per heavy atom. The smallest absolute Gasteiger partial charge is 0.223 e. The second-order valence-electron chi connectivity index (χ2n) is 4.37. The second-order valence-corrected chi connectivity index (χ2v) is 5.16. The van der Waals surface area contributed by atoms with E-state index >= 15 is 0 Å². The predicted octanol–water partition coefficient (Wildman–Crippen LogP) is 3.88. The molecule has 1 amide bonds. The molecule has 0 aromatic carbocycles. The molecule has 0 aliphatic heterocycles. The summed E-state index contributed by atoms with van der Waals surface area (Å²) in [5.74, 6) is 0.482. The number of hydrogen-bond donors (Lipinski definition) is 1. The number of rotatable bonds is 9. The lowest BCUT2D eigenvalue weighted by atomic mass is 9.96. The number of alkyl halides is 1. The van der Waals surface area contributed by atoms with Crippen LogP contribution in [-0.4, -0.2) is 17.3 Å². The van der Waals surface area contributed by atoms with Crippen LogP contribution in [0.1, 0.15) is 59.3 Å². The maximum Gasteiger partial charge on any atom is 0.223 e. The van der Waals surface area contributed by atoms with Crippen LogP contribution in [0.4, 0.5) is 0 Å². The highest BCUT2D eigenvalue weighted by Gasteiger charge is 2.18. The fraction of sp³-hybridized carbons (Fsp3) is 0.923. The SMILES string of the molecule is CCCC(CCC)C(=O)NC(CC)CCBr. The van der Waals surface area contributed by atoms with Crippen molar-refractivity contribution in [3.8, 4) is 0 Å². The molecular formula is C13H26BrNO. The van der Waals surface area contributed by atoms with Gasteiger partial charge in [-0.2, -0.15) is 0 Å². The maximum atomic E-state index is 12.0. The van der Waals surface area contributed by atoms with Crippen LogP contribution >= 0.6 is 15.9 Å². The van der Waals surface area contributed by atoms with Crippen LogP contribution in [0.25, 0.3) is 0 Å². The molecule has 0 saturated heterocycles. The number of halogens is 1. The van der Waals surface area contributed by atoms with Crippen LogP contribution in [0.5, 0.6) is 0 Å². The minimum atomic E-state index is 0.222. The average molecular weight is 292 g/mol. The van der Waals surface area contributed by atoms with E-state index in [-0.39, 0.29) is 11.8 Å². The molecule has 1 atom stereocenters. The van der Waals surface area contributed by atoms with E-state index < -0.39 is 0 Å². The van der Waals surface area contributed by atoms with Crippen molar-refractivity contribution in [2.75, 3.05) is 5.33 Å². The minimum absolute atomic E-state index is 0.222. The number of nitrogens with one attached hydrogen (secondary N) is 1. The largest absolute Gasteiger partial charge is 0.353 e. The Balaban J connectivity index is 4.14. The van der Waals surface area contributed by atoms with Gasteiger partial charge in [0.1, 0.15) is 0 Å². The van der Waals surface area contributed by atoms with Crippen molar-refractivity contribution in [1.29, 1.82) is 0 Å². The summed E-state index contributed by atoms with van der Waals surface area (Å²) in [5, 5.41) is 4.12. The van der Waals surface area contributed by atoms with E-state index in [1.54, 1.807) is 0 Å². The molecule has 0 heterocycles. The van der Waals surface area contributed by atoms with E-state index in [0.29, 0.717) is 6.04 Å². The van der Waals surface area contributed by atoms with Gasteiger partial charge in [0.05, 0.1) is 0 Å². The highest BCUT2D eigenvalue weighted by molar-refractivity contribution is 9.09. The van der Waals surface area contributed by atoms with Gasteiger partial charge in [-0.15, -0.1) is 0 Å². The molecule has 1 N–H and O–H groups in total. The molecule has 0 rings (SSSR count). The lowest BCUT2D eigenvalue weighted by molar-refractivity contribution is -0.126. The van der Waals surface area contributed by atoms with Gasteiger partial charge in [-0.1, -0.05) is 49.5 Å². The number of carbonyl (C=O) groups excluding carboxylic acids is 1. The quantitative estimate of drug-likeness (QED) is 0.642. The Morgan fingerprint density at radius 2 is 1.69 bits per heavy atom. The molecular weight excluding hydrogens is 266 g/mol. The fourth-order valence-corrected chi connectivity index (χ4v) is 2.49. The van der Waals surface area contributed by atoms with Gasteiger partial charge in [0, 0.05) is 17.3 Å². The zero-order valence-corrected chi connectivity index (χ0v) is 12.5. The lowest BCUT2D eigenvalue weighted by Crippen LogP contribution is -2.38. The molecule has 3 heteroatoms. The lowest BCUT2D eigenvalue weighted by Gasteiger charge is -2.20. The summed E-state index contributed by atoms with van der Waals surface area (Å²) in [5.41, 5.74) is 0. The summed E-state index contributed by atoms with van der Waals surface area (Å²) >= 11 is 3.43. The molecule has 0 aliphatic rings. The van der Waals surface area contributed by atoms with Crippen molar-refractivity contribution in [2.24, 2.45) is 5.92 Å². The molecule has 0 aromatic rings. The van der Waals surface area contributed by atoms with Crippen molar-refractivity contribution >= 4 is 21.8 Å². The molecule has 0 spiro atoms. The summed E-state index contributed by atoms with van der Waals surface area (Å²) in [6, 6.07) is 0.336. The molecule has 0 aliphatic carbocycles. The van der Waals surface area contributed by atoms with E-state index in [1.807, 2.05) is 0 Å². The summed E-state index contributed by atoms with van der Waals surface area (Å²) in [7, 11) is 0. The average Bonchev–Trinajstić information content (AvgIpc) is 2.28. The van der Waals surface area contributed by atoms with Gasteiger partial charge >= 0.3 is 0 Å². The van der Waals surface area contributed by atoms with E-state index in [4.69, 9.17) is 0 Å². The number of carbonyl (C=O) groups is 1. The Bertz CT molecular complexity index is 179. The topological polar surface area (TPSA) is 29.1 Å². The molecule has 0 saturated carbocycles. The van der Waals surface area contributed by atoms with Crippen molar-refractivity contribution < 1.29 is 4.79 Å². The zero-order chi connectivity index (χ0) is 12.4. The first-order valence-corrected chi connectivity index (χ1v) is 7.67. The Labute approximate surface area is 109 Å². The molecule has 0 bridgehead atoms. The highest BCUT2D eigenvalue weighted by atomic mass is 79.9. The van der Waals surface area contributed by atoms with Crippen LogP contribution in [0.3, 0.4) is 0 Å². The molecule has 16 heavy (non-hydrogen) atoms. The molecule has 0 fully saturated rings.